The first-order chi connectivity index (χ1) is 9.16. The van der Waals surface area contributed by atoms with Crippen molar-refractivity contribution in [3.63, 3.8) is 0 Å². The molecule has 2 amide bonds. The van der Waals surface area contributed by atoms with Crippen molar-refractivity contribution in [1.29, 1.82) is 0 Å². The van der Waals surface area contributed by atoms with Crippen molar-refractivity contribution in [2.75, 3.05) is 24.7 Å². The number of hydrogen-bond acceptors (Lipinski definition) is 4. The zero-order valence-corrected chi connectivity index (χ0v) is 11.1. The first kappa shape index (κ1) is 13.9. The van der Waals surface area contributed by atoms with Crippen molar-refractivity contribution in [1.82, 2.24) is 4.90 Å². The molecule has 0 saturated carbocycles. The Morgan fingerprint density at radius 2 is 2.11 bits per heavy atom. The number of thioether (sulfide) groups is 1. The number of carbonyl (C=O) groups is 2. The third kappa shape index (κ3) is 3.96. The van der Waals surface area contributed by atoms with E-state index in [-0.39, 0.29) is 24.1 Å². The van der Waals surface area contributed by atoms with Crippen LogP contribution < -0.4 is 0 Å². The van der Waals surface area contributed by atoms with Crippen LogP contribution in [0.5, 0.6) is 0 Å². The second-order valence-electron chi connectivity index (χ2n) is 4.09. The predicted molar refractivity (Wildman–Crippen MR) is 70.5 cm³/mol. The number of carbonyl (C=O) groups excluding carboxylic acids is 2. The van der Waals surface area contributed by atoms with Crippen molar-refractivity contribution in [2.24, 2.45) is 0 Å². The molecule has 0 N–H and O–H groups in total. The standard InChI is InChI=1S/C13H14FNO3S/c14-11-3-1-10(2-4-11)5-8-19-9-12(16)15-6-7-18-13(15)17/h1-4H,5-9H2. The summed E-state index contributed by atoms with van der Waals surface area (Å²) < 4.78 is 17.4. The minimum atomic E-state index is -0.552. The Labute approximate surface area is 114 Å². The molecule has 2 rings (SSSR count). The summed E-state index contributed by atoms with van der Waals surface area (Å²) in [5.74, 6) is 0.544. The third-order valence-corrected chi connectivity index (χ3v) is 3.68. The summed E-state index contributed by atoms with van der Waals surface area (Å²) >= 11 is 1.46. The molecule has 0 bridgehead atoms. The van der Waals surface area contributed by atoms with Gasteiger partial charge in [0.2, 0.25) is 5.91 Å². The SMILES string of the molecule is O=C(CSCCc1ccc(F)cc1)N1CCOC1=O. The molecule has 0 unspecified atom stereocenters. The van der Waals surface area contributed by atoms with Gasteiger partial charge in [0.05, 0.1) is 12.3 Å². The number of ether oxygens (including phenoxy) is 1. The van der Waals surface area contributed by atoms with Crippen molar-refractivity contribution in [3.8, 4) is 0 Å². The number of aryl methyl sites for hydroxylation is 1. The van der Waals surface area contributed by atoms with Gasteiger partial charge < -0.3 is 4.74 Å². The van der Waals surface area contributed by atoms with Gasteiger partial charge in [-0.25, -0.2) is 14.1 Å². The van der Waals surface area contributed by atoms with Crippen LogP contribution in [0.3, 0.4) is 0 Å². The van der Waals surface area contributed by atoms with Crippen LogP contribution in [-0.2, 0) is 16.0 Å². The number of nitrogens with zero attached hydrogens (tertiary/aromatic N) is 1. The molecular weight excluding hydrogens is 269 g/mol. The molecule has 1 aromatic carbocycles. The molecule has 0 aromatic heterocycles. The highest BCUT2D eigenvalue weighted by atomic mass is 32.2. The number of amides is 2. The lowest BCUT2D eigenvalue weighted by atomic mass is 10.2. The fourth-order valence-corrected chi connectivity index (χ4v) is 2.55. The highest BCUT2D eigenvalue weighted by Gasteiger charge is 2.27. The van der Waals surface area contributed by atoms with E-state index < -0.39 is 6.09 Å². The number of imide groups is 1. The van der Waals surface area contributed by atoms with Gasteiger partial charge in [-0.05, 0) is 29.9 Å². The zero-order valence-electron chi connectivity index (χ0n) is 10.3. The van der Waals surface area contributed by atoms with Gasteiger partial charge in [-0.3, -0.25) is 4.79 Å². The molecule has 4 nitrogen and oxygen atoms in total. The summed E-state index contributed by atoms with van der Waals surface area (Å²) in [6.45, 7) is 0.626. The van der Waals surface area contributed by atoms with Crippen molar-refractivity contribution in [2.45, 2.75) is 6.42 Å². The lowest BCUT2D eigenvalue weighted by Crippen LogP contribution is -2.33. The molecular formula is C13H14FNO3S. The molecule has 0 radical (unpaired) electrons. The maximum atomic E-state index is 12.7. The quantitative estimate of drug-likeness (QED) is 0.776. The fourth-order valence-electron chi connectivity index (χ4n) is 1.70. The molecule has 1 saturated heterocycles. The van der Waals surface area contributed by atoms with E-state index >= 15 is 0 Å². The summed E-state index contributed by atoms with van der Waals surface area (Å²) in [6.07, 6.45) is 0.215. The lowest BCUT2D eigenvalue weighted by Gasteiger charge is -2.09. The fraction of sp³-hybridized carbons (Fsp3) is 0.385. The van der Waals surface area contributed by atoms with Crippen molar-refractivity contribution >= 4 is 23.8 Å². The Bertz CT molecular complexity index is 463. The molecule has 1 aliphatic heterocycles. The van der Waals surface area contributed by atoms with E-state index in [1.165, 1.54) is 23.9 Å². The Morgan fingerprint density at radius 3 is 2.74 bits per heavy atom. The summed E-state index contributed by atoms with van der Waals surface area (Å²) in [4.78, 5) is 23.9. The van der Waals surface area contributed by atoms with E-state index in [2.05, 4.69) is 0 Å². The zero-order chi connectivity index (χ0) is 13.7. The van der Waals surface area contributed by atoms with E-state index in [0.29, 0.717) is 6.54 Å². The molecule has 1 aromatic rings. The number of halogens is 1. The van der Waals surface area contributed by atoms with Gasteiger partial charge in [0.1, 0.15) is 12.4 Å². The average Bonchev–Trinajstić information content (AvgIpc) is 2.83. The minimum absolute atomic E-state index is 0.216. The summed E-state index contributed by atoms with van der Waals surface area (Å²) in [5, 5.41) is 0. The Morgan fingerprint density at radius 1 is 1.37 bits per heavy atom. The van der Waals surface area contributed by atoms with E-state index in [9.17, 15) is 14.0 Å². The number of cyclic esters (lactones) is 1. The van der Waals surface area contributed by atoms with E-state index in [4.69, 9.17) is 4.74 Å². The molecule has 6 heteroatoms. The molecule has 1 heterocycles. The Balaban J connectivity index is 1.68. The summed E-state index contributed by atoms with van der Waals surface area (Å²) in [5.41, 5.74) is 1.03. The second-order valence-corrected chi connectivity index (χ2v) is 5.19. The van der Waals surface area contributed by atoms with Crippen molar-refractivity contribution < 1.29 is 18.7 Å². The van der Waals surface area contributed by atoms with Crippen molar-refractivity contribution in [3.05, 3.63) is 35.6 Å². The highest BCUT2D eigenvalue weighted by Crippen LogP contribution is 2.11. The van der Waals surface area contributed by atoms with Crippen LogP contribution in [0.1, 0.15) is 5.56 Å². The van der Waals surface area contributed by atoms with Crippen LogP contribution in [0.4, 0.5) is 9.18 Å². The van der Waals surface area contributed by atoms with Gasteiger partial charge in [-0.1, -0.05) is 12.1 Å². The predicted octanol–water partition coefficient (Wildman–Crippen LogP) is 2.08. The van der Waals surface area contributed by atoms with Gasteiger partial charge in [0.15, 0.2) is 0 Å². The maximum absolute atomic E-state index is 12.7. The second kappa shape index (κ2) is 6.56. The molecule has 1 aliphatic rings. The summed E-state index contributed by atoms with van der Waals surface area (Å²) in [7, 11) is 0. The first-order valence-electron chi connectivity index (χ1n) is 5.96. The number of benzene rings is 1. The molecule has 0 spiro atoms. The molecule has 0 atom stereocenters. The molecule has 102 valence electrons. The van der Waals surface area contributed by atoms with Crippen LogP contribution in [-0.4, -0.2) is 41.6 Å². The van der Waals surface area contributed by atoms with Crippen LogP contribution >= 0.6 is 11.8 Å². The van der Waals surface area contributed by atoms with Gasteiger partial charge >= 0.3 is 6.09 Å². The van der Waals surface area contributed by atoms with Gasteiger partial charge in [-0.2, -0.15) is 11.8 Å². The van der Waals surface area contributed by atoms with Crippen LogP contribution in [0.2, 0.25) is 0 Å². The van der Waals surface area contributed by atoms with Crippen LogP contribution in [0.15, 0.2) is 24.3 Å². The van der Waals surface area contributed by atoms with E-state index in [1.54, 1.807) is 12.1 Å². The third-order valence-electron chi connectivity index (χ3n) is 2.74. The molecule has 0 aliphatic carbocycles. The smallest absolute Gasteiger partial charge is 0.416 e. The average molecular weight is 283 g/mol. The lowest BCUT2D eigenvalue weighted by molar-refractivity contribution is -0.124. The van der Waals surface area contributed by atoms with Crippen LogP contribution in [0, 0.1) is 5.82 Å². The summed E-state index contributed by atoms with van der Waals surface area (Å²) in [6, 6.07) is 6.31. The Kier molecular flexibility index (Phi) is 4.79. The minimum Gasteiger partial charge on any atom is -0.447 e. The van der Waals surface area contributed by atoms with Gasteiger partial charge in [0, 0.05) is 0 Å². The maximum Gasteiger partial charge on any atom is 0.416 e. The normalized spacial score (nSPS) is 14.6. The first-order valence-corrected chi connectivity index (χ1v) is 7.11. The number of hydrogen-bond donors (Lipinski definition) is 0. The van der Waals surface area contributed by atoms with Crippen LogP contribution in [0.25, 0.3) is 0 Å². The number of rotatable bonds is 5. The molecule has 19 heavy (non-hydrogen) atoms. The van der Waals surface area contributed by atoms with Gasteiger partial charge in [0.25, 0.3) is 0 Å². The monoisotopic (exact) mass is 283 g/mol. The van der Waals surface area contributed by atoms with Gasteiger partial charge in [-0.15, -0.1) is 0 Å². The van der Waals surface area contributed by atoms with E-state index in [0.717, 1.165) is 22.6 Å². The topological polar surface area (TPSA) is 46.6 Å². The highest BCUT2D eigenvalue weighted by molar-refractivity contribution is 7.99. The Hall–Kier alpha value is -1.56. The largest absolute Gasteiger partial charge is 0.447 e. The molecule has 1 fully saturated rings. The van der Waals surface area contributed by atoms with E-state index in [1.807, 2.05) is 0 Å².